The predicted molar refractivity (Wildman–Crippen MR) is 69.9 cm³/mol. The number of carbonyl (C=O) groups is 2. The van der Waals surface area contributed by atoms with Crippen LogP contribution in [0.3, 0.4) is 0 Å². The van der Waals surface area contributed by atoms with E-state index in [2.05, 4.69) is 12.2 Å². The third kappa shape index (κ3) is 3.72. The molecule has 0 saturated heterocycles. The molecule has 1 aliphatic rings. The van der Waals surface area contributed by atoms with Gasteiger partial charge in [0, 0.05) is 6.04 Å². The highest BCUT2D eigenvalue weighted by Crippen LogP contribution is 2.35. The quantitative estimate of drug-likeness (QED) is 0.605. The second-order valence-corrected chi connectivity index (χ2v) is 6.07. The van der Waals surface area contributed by atoms with E-state index in [0.717, 1.165) is 12.8 Å². The summed E-state index contributed by atoms with van der Waals surface area (Å²) < 4.78 is 5.01. The van der Waals surface area contributed by atoms with Gasteiger partial charge in [-0.25, -0.2) is 0 Å². The molecule has 3 unspecified atom stereocenters. The fourth-order valence-corrected chi connectivity index (χ4v) is 2.22. The van der Waals surface area contributed by atoms with Crippen LogP contribution in [0.4, 0.5) is 0 Å². The van der Waals surface area contributed by atoms with E-state index < -0.39 is 17.3 Å². The largest absolute Gasteiger partial charge is 0.465 e. The standard InChI is InChI=1S/C14H25NO3/c1-6-9-8-10(9)15-12(16)11(14(3,4)5)13(17)18-7-2/h9-11H,6-8H2,1-5H3,(H,15,16). The highest BCUT2D eigenvalue weighted by atomic mass is 16.5. The van der Waals surface area contributed by atoms with E-state index in [1.807, 2.05) is 20.8 Å². The number of nitrogens with one attached hydrogen (secondary N) is 1. The fourth-order valence-electron chi connectivity index (χ4n) is 2.22. The van der Waals surface area contributed by atoms with Crippen LogP contribution in [0.25, 0.3) is 0 Å². The number of hydrogen-bond donors (Lipinski definition) is 1. The van der Waals surface area contributed by atoms with Crippen LogP contribution >= 0.6 is 0 Å². The van der Waals surface area contributed by atoms with Gasteiger partial charge in [-0.15, -0.1) is 0 Å². The Hall–Kier alpha value is -1.06. The minimum Gasteiger partial charge on any atom is -0.465 e. The van der Waals surface area contributed by atoms with Crippen LogP contribution in [-0.2, 0) is 14.3 Å². The van der Waals surface area contributed by atoms with E-state index in [9.17, 15) is 9.59 Å². The molecule has 104 valence electrons. The Bertz CT molecular complexity index is 319. The molecule has 4 nitrogen and oxygen atoms in total. The minimum atomic E-state index is -0.726. The first kappa shape index (κ1) is 15.0. The smallest absolute Gasteiger partial charge is 0.319 e. The minimum absolute atomic E-state index is 0.193. The van der Waals surface area contributed by atoms with Crippen molar-refractivity contribution >= 4 is 11.9 Å². The molecule has 1 fully saturated rings. The van der Waals surface area contributed by atoms with Gasteiger partial charge in [-0.3, -0.25) is 9.59 Å². The zero-order valence-electron chi connectivity index (χ0n) is 12.1. The van der Waals surface area contributed by atoms with Crippen LogP contribution < -0.4 is 5.32 Å². The molecule has 1 N–H and O–H groups in total. The van der Waals surface area contributed by atoms with Gasteiger partial charge in [-0.1, -0.05) is 34.1 Å². The van der Waals surface area contributed by atoms with Crippen molar-refractivity contribution in [2.75, 3.05) is 6.61 Å². The van der Waals surface area contributed by atoms with Crippen molar-refractivity contribution in [2.45, 2.75) is 53.5 Å². The summed E-state index contributed by atoms with van der Waals surface area (Å²) in [4.78, 5) is 24.1. The molecular formula is C14H25NO3. The Morgan fingerprint density at radius 1 is 1.33 bits per heavy atom. The molecule has 1 aliphatic carbocycles. The highest BCUT2D eigenvalue weighted by molar-refractivity contribution is 5.98. The Morgan fingerprint density at radius 2 is 1.94 bits per heavy atom. The summed E-state index contributed by atoms with van der Waals surface area (Å²) in [5.41, 5.74) is -0.424. The van der Waals surface area contributed by atoms with E-state index in [-0.39, 0.29) is 11.9 Å². The van der Waals surface area contributed by atoms with Crippen LogP contribution in [0, 0.1) is 17.3 Å². The van der Waals surface area contributed by atoms with Crippen molar-refractivity contribution in [3.63, 3.8) is 0 Å². The van der Waals surface area contributed by atoms with E-state index in [1.54, 1.807) is 6.92 Å². The molecule has 0 bridgehead atoms. The predicted octanol–water partition coefficient (Wildman–Crippen LogP) is 2.13. The monoisotopic (exact) mass is 255 g/mol. The van der Waals surface area contributed by atoms with E-state index in [1.165, 1.54) is 0 Å². The molecule has 4 heteroatoms. The summed E-state index contributed by atoms with van der Waals surface area (Å²) in [6, 6.07) is 0.252. The van der Waals surface area contributed by atoms with Crippen LogP contribution in [0.1, 0.15) is 47.5 Å². The van der Waals surface area contributed by atoms with Crippen LogP contribution in [0.15, 0.2) is 0 Å². The maximum atomic E-state index is 12.2. The van der Waals surface area contributed by atoms with Gasteiger partial charge in [0.25, 0.3) is 0 Å². The lowest BCUT2D eigenvalue weighted by Crippen LogP contribution is -2.44. The number of ether oxygens (including phenoxy) is 1. The fraction of sp³-hybridized carbons (Fsp3) is 0.857. The lowest BCUT2D eigenvalue weighted by molar-refractivity contribution is -0.156. The third-order valence-electron chi connectivity index (χ3n) is 3.43. The molecule has 1 saturated carbocycles. The Labute approximate surface area is 109 Å². The van der Waals surface area contributed by atoms with E-state index in [0.29, 0.717) is 12.5 Å². The second-order valence-electron chi connectivity index (χ2n) is 6.07. The summed E-state index contributed by atoms with van der Waals surface area (Å²) in [7, 11) is 0. The normalized spacial score (nSPS) is 24.3. The summed E-state index contributed by atoms with van der Waals surface area (Å²) in [5, 5.41) is 2.96. The summed E-state index contributed by atoms with van der Waals surface area (Å²) >= 11 is 0. The molecule has 0 radical (unpaired) electrons. The first-order valence-corrected chi connectivity index (χ1v) is 6.78. The average molecular weight is 255 g/mol. The summed E-state index contributed by atoms with van der Waals surface area (Å²) in [6.07, 6.45) is 2.10. The molecule has 0 aliphatic heterocycles. The first-order chi connectivity index (χ1) is 8.31. The van der Waals surface area contributed by atoms with Crippen LogP contribution in [0.5, 0.6) is 0 Å². The van der Waals surface area contributed by atoms with Gasteiger partial charge in [0.15, 0.2) is 0 Å². The number of carbonyl (C=O) groups excluding carboxylic acids is 2. The van der Waals surface area contributed by atoms with Gasteiger partial charge in [0.05, 0.1) is 6.61 Å². The van der Waals surface area contributed by atoms with Crippen molar-refractivity contribution in [1.82, 2.24) is 5.32 Å². The van der Waals surface area contributed by atoms with Gasteiger partial charge in [0.1, 0.15) is 5.92 Å². The van der Waals surface area contributed by atoms with Crippen molar-refractivity contribution in [3.8, 4) is 0 Å². The molecular weight excluding hydrogens is 230 g/mol. The summed E-state index contributed by atoms with van der Waals surface area (Å²) in [5.74, 6) is -0.759. The summed E-state index contributed by atoms with van der Waals surface area (Å²) in [6.45, 7) is 9.84. The number of hydrogen-bond acceptors (Lipinski definition) is 3. The Kier molecular flexibility index (Phi) is 4.77. The molecule has 0 aromatic heterocycles. The molecule has 0 aromatic carbocycles. The molecule has 0 spiro atoms. The molecule has 3 atom stereocenters. The molecule has 1 rings (SSSR count). The number of esters is 1. The highest BCUT2D eigenvalue weighted by Gasteiger charge is 2.43. The molecule has 1 amide bonds. The van der Waals surface area contributed by atoms with Crippen molar-refractivity contribution < 1.29 is 14.3 Å². The van der Waals surface area contributed by atoms with Crippen molar-refractivity contribution in [3.05, 3.63) is 0 Å². The van der Waals surface area contributed by atoms with Gasteiger partial charge in [0.2, 0.25) is 5.91 Å². The maximum absolute atomic E-state index is 12.2. The van der Waals surface area contributed by atoms with Gasteiger partial charge >= 0.3 is 5.97 Å². The molecule has 0 aromatic rings. The SMILES string of the molecule is CCOC(=O)C(C(=O)NC1CC1CC)C(C)(C)C. The maximum Gasteiger partial charge on any atom is 0.319 e. The lowest BCUT2D eigenvalue weighted by atomic mass is 9.80. The van der Waals surface area contributed by atoms with Crippen LogP contribution in [0.2, 0.25) is 0 Å². The average Bonchev–Trinajstić information content (AvgIpc) is 2.94. The zero-order chi connectivity index (χ0) is 13.9. The van der Waals surface area contributed by atoms with Gasteiger partial charge < -0.3 is 10.1 Å². The van der Waals surface area contributed by atoms with Crippen molar-refractivity contribution in [2.24, 2.45) is 17.3 Å². The second kappa shape index (κ2) is 5.72. The lowest BCUT2D eigenvalue weighted by Gasteiger charge is -2.27. The zero-order valence-corrected chi connectivity index (χ0v) is 12.1. The van der Waals surface area contributed by atoms with E-state index in [4.69, 9.17) is 4.74 Å². The third-order valence-corrected chi connectivity index (χ3v) is 3.43. The van der Waals surface area contributed by atoms with E-state index >= 15 is 0 Å². The number of rotatable bonds is 5. The molecule has 0 heterocycles. The molecule has 18 heavy (non-hydrogen) atoms. The van der Waals surface area contributed by atoms with Gasteiger partial charge in [-0.05, 0) is 24.7 Å². The topological polar surface area (TPSA) is 55.4 Å². The Balaban J connectivity index is 2.65. The number of amides is 1. The Morgan fingerprint density at radius 3 is 2.33 bits per heavy atom. The van der Waals surface area contributed by atoms with Crippen molar-refractivity contribution in [1.29, 1.82) is 0 Å². The van der Waals surface area contributed by atoms with Gasteiger partial charge in [-0.2, -0.15) is 0 Å². The first-order valence-electron chi connectivity index (χ1n) is 6.78. The van der Waals surface area contributed by atoms with Crippen LogP contribution in [-0.4, -0.2) is 24.5 Å².